The number of aliphatic hydroxyl groups is 1. The Morgan fingerprint density at radius 2 is 1.70 bits per heavy atom. The summed E-state index contributed by atoms with van der Waals surface area (Å²) < 4.78 is 5.10. The average molecular weight is 290 g/mol. The monoisotopic (exact) mass is 290 g/mol. The van der Waals surface area contributed by atoms with Crippen LogP contribution in [0.1, 0.15) is 48.0 Å². The van der Waals surface area contributed by atoms with Crippen LogP contribution in [0.2, 0.25) is 0 Å². The Labute approximate surface area is 119 Å². The third-order valence-corrected chi connectivity index (χ3v) is 2.57. The molecule has 0 aromatic carbocycles. The van der Waals surface area contributed by atoms with Crippen LogP contribution in [0.5, 0.6) is 0 Å². The summed E-state index contributed by atoms with van der Waals surface area (Å²) in [5.74, 6) is -1.06. The van der Waals surface area contributed by atoms with Crippen LogP contribution in [-0.4, -0.2) is 45.7 Å². The van der Waals surface area contributed by atoms with Gasteiger partial charge in [0.25, 0.3) is 0 Å². The molecule has 0 aliphatic rings. The molecule has 0 saturated heterocycles. The van der Waals surface area contributed by atoms with Gasteiger partial charge in [-0.15, -0.1) is 0 Å². The minimum absolute atomic E-state index is 0.314. The Morgan fingerprint density at radius 1 is 1.20 bits per heavy atom. The van der Waals surface area contributed by atoms with Crippen molar-refractivity contribution in [2.24, 2.45) is 0 Å². The second kappa shape index (κ2) is 6.90. The van der Waals surface area contributed by atoms with Gasteiger partial charge >= 0.3 is 12.1 Å². The van der Waals surface area contributed by atoms with Crippen LogP contribution in [-0.2, 0) is 9.53 Å². The molecule has 0 aromatic rings. The Morgan fingerprint density at radius 3 is 2.05 bits per heavy atom. The lowest BCUT2D eigenvalue weighted by atomic mass is 10.0. The van der Waals surface area contributed by atoms with Gasteiger partial charge in [-0.05, 0) is 41.0 Å². The molecule has 0 bridgehead atoms. The van der Waals surface area contributed by atoms with Crippen LogP contribution >= 0.6 is 0 Å². The van der Waals surface area contributed by atoms with Gasteiger partial charge in [0.1, 0.15) is 17.9 Å². The summed E-state index contributed by atoms with van der Waals surface area (Å²) in [4.78, 5) is 22.6. The van der Waals surface area contributed by atoms with Crippen LogP contribution in [0, 0.1) is 0 Å². The molecule has 118 valence electrons. The molecule has 0 aromatic heterocycles. The minimum atomic E-state index is -1.23. The Bertz CT molecular complexity index is 349. The minimum Gasteiger partial charge on any atom is -0.480 e. The number of carbonyl (C=O) groups excluding carboxylic acids is 1. The largest absolute Gasteiger partial charge is 0.480 e. The zero-order chi connectivity index (χ0) is 16.1. The summed E-state index contributed by atoms with van der Waals surface area (Å²) in [7, 11) is 0. The summed E-state index contributed by atoms with van der Waals surface area (Å²) in [6.45, 7) is 10.0. The molecule has 4 N–H and O–H groups in total. The SMILES string of the molecule is CC[C@H](N[C@H](O)C(C)(C)NC(=O)OC(C)(C)C)C(=O)O. The standard InChI is InChI=1S/C13H26N2O5/c1-7-8(9(16)17)14-10(18)13(5,6)15-11(19)20-12(2,3)4/h8,10,14,18H,7H2,1-6H3,(H,15,19)(H,16,17)/t8-,10+/m0/s1. The molecule has 2 atom stereocenters. The lowest BCUT2D eigenvalue weighted by Gasteiger charge is -2.34. The zero-order valence-electron chi connectivity index (χ0n) is 13.0. The number of ether oxygens (including phenoxy) is 1. The van der Waals surface area contributed by atoms with Gasteiger partial charge in [0, 0.05) is 0 Å². The first-order valence-corrected chi connectivity index (χ1v) is 6.57. The topological polar surface area (TPSA) is 108 Å². The van der Waals surface area contributed by atoms with Crippen LogP contribution in [0.3, 0.4) is 0 Å². The van der Waals surface area contributed by atoms with E-state index in [0.29, 0.717) is 6.42 Å². The first-order chi connectivity index (χ1) is 8.89. The van der Waals surface area contributed by atoms with Crippen molar-refractivity contribution < 1.29 is 24.5 Å². The highest BCUT2D eigenvalue weighted by Crippen LogP contribution is 2.12. The number of nitrogens with one attached hydrogen (secondary N) is 2. The van der Waals surface area contributed by atoms with E-state index in [-0.39, 0.29) is 0 Å². The number of rotatable bonds is 6. The van der Waals surface area contributed by atoms with Crippen molar-refractivity contribution >= 4 is 12.1 Å². The first kappa shape index (κ1) is 18.7. The van der Waals surface area contributed by atoms with Gasteiger partial charge in [0.2, 0.25) is 0 Å². The Kier molecular flexibility index (Phi) is 6.43. The fraction of sp³-hybridized carbons (Fsp3) is 0.846. The van der Waals surface area contributed by atoms with E-state index in [2.05, 4.69) is 10.6 Å². The fourth-order valence-corrected chi connectivity index (χ4v) is 1.40. The van der Waals surface area contributed by atoms with Crippen LogP contribution in [0.25, 0.3) is 0 Å². The average Bonchev–Trinajstić information content (AvgIpc) is 2.20. The highest BCUT2D eigenvalue weighted by Gasteiger charge is 2.33. The third kappa shape index (κ3) is 6.72. The molecule has 7 heteroatoms. The first-order valence-electron chi connectivity index (χ1n) is 6.57. The lowest BCUT2D eigenvalue weighted by molar-refractivity contribution is -0.141. The summed E-state index contributed by atoms with van der Waals surface area (Å²) in [5, 5.41) is 24.0. The summed E-state index contributed by atoms with van der Waals surface area (Å²) in [6.07, 6.45) is -1.59. The highest BCUT2D eigenvalue weighted by molar-refractivity contribution is 5.73. The van der Waals surface area contributed by atoms with E-state index < -0.39 is 35.5 Å². The smallest absolute Gasteiger partial charge is 0.408 e. The van der Waals surface area contributed by atoms with Crippen molar-refractivity contribution in [3.8, 4) is 0 Å². The summed E-state index contributed by atoms with van der Waals surface area (Å²) in [6, 6.07) is -0.885. The molecule has 0 rings (SSSR count). The van der Waals surface area contributed by atoms with Gasteiger partial charge in [0.05, 0.1) is 5.54 Å². The number of hydrogen-bond acceptors (Lipinski definition) is 5. The molecular formula is C13H26N2O5. The van der Waals surface area contributed by atoms with E-state index in [4.69, 9.17) is 9.84 Å². The lowest BCUT2D eigenvalue weighted by Crippen LogP contribution is -2.61. The second-order valence-corrected chi connectivity index (χ2v) is 6.22. The van der Waals surface area contributed by atoms with Gasteiger partial charge in [-0.1, -0.05) is 6.92 Å². The third-order valence-electron chi connectivity index (χ3n) is 2.57. The van der Waals surface area contributed by atoms with Gasteiger partial charge in [-0.2, -0.15) is 0 Å². The number of amides is 1. The van der Waals surface area contributed by atoms with Crippen molar-refractivity contribution in [2.75, 3.05) is 0 Å². The second-order valence-electron chi connectivity index (χ2n) is 6.22. The van der Waals surface area contributed by atoms with E-state index in [1.165, 1.54) is 0 Å². The number of carbonyl (C=O) groups is 2. The van der Waals surface area contributed by atoms with Crippen molar-refractivity contribution in [1.29, 1.82) is 0 Å². The number of carboxylic acid groups (broad SMARTS) is 1. The molecule has 0 unspecified atom stereocenters. The molecule has 20 heavy (non-hydrogen) atoms. The summed E-state index contributed by atoms with van der Waals surface area (Å²) >= 11 is 0. The van der Waals surface area contributed by atoms with Crippen molar-refractivity contribution in [3.63, 3.8) is 0 Å². The molecule has 1 amide bonds. The van der Waals surface area contributed by atoms with Gasteiger partial charge < -0.3 is 20.3 Å². The molecular weight excluding hydrogens is 264 g/mol. The van der Waals surface area contributed by atoms with Crippen LogP contribution in [0.4, 0.5) is 4.79 Å². The Balaban J connectivity index is 4.62. The number of carboxylic acids is 1. The fourth-order valence-electron chi connectivity index (χ4n) is 1.40. The van der Waals surface area contributed by atoms with E-state index >= 15 is 0 Å². The zero-order valence-corrected chi connectivity index (χ0v) is 13.0. The van der Waals surface area contributed by atoms with Crippen LogP contribution in [0.15, 0.2) is 0 Å². The van der Waals surface area contributed by atoms with Gasteiger partial charge in [0.15, 0.2) is 0 Å². The highest BCUT2D eigenvalue weighted by atomic mass is 16.6. The Hall–Kier alpha value is -1.34. The molecule has 7 nitrogen and oxygen atoms in total. The quantitative estimate of drug-likeness (QED) is 0.545. The van der Waals surface area contributed by atoms with E-state index in [0.717, 1.165) is 0 Å². The normalized spacial score (nSPS) is 15.3. The predicted octanol–water partition coefficient (Wildman–Crippen LogP) is 1.06. The summed E-state index contributed by atoms with van der Waals surface area (Å²) in [5.41, 5.74) is -1.73. The van der Waals surface area contributed by atoms with Crippen LogP contribution < -0.4 is 10.6 Å². The number of aliphatic hydroxyl groups excluding tert-OH is 1. The number of alkyl carbamates (subject to hydrolysis) is 1. The van der Waals surface area contributed by atoms with E-state index in [1.807, 2.05) is 0 Å². The molecule has 0 aliphatic heterocycles. The molecule has 0 aliphatic carbocycles. The maximum atomic E-state index is 11.7. The van der Waals surface area contributed by atoms with Crippen molar-refractivity contribution in [2.45, 2.75) is 71.4 Å². The molecule has 0 heterocycles. The number of aliphatic carboxylic acids is 1. The molecule has 0 fully saturated rings. The molecule has 0 saturated carbocycles. The van der Waals surface area contributed by atoms with Gasteiger partial charge in [-0.25, -0.2) is 4.79 Å². The molecule has 0 radical (unpaired) electrons. The number of hydrogen-bond donors (Lipinski definition) is 4. The maximum Gasteiger partial charge on any atom is 0.408 e. The van der Waals surface area contributed by atoms with Crippen molar-refractivity contribution in [3.05, 3.63) is 0 Å². The molecule has 0 spiro atoms. The van der Waals surface area contributed by atoms with Gasteiger partial charge in [-0.3, -0.25) is 10.1 Å². The predicted molar refractivity (Wildman–Crippen MR) is 74.3 cm³/mol. The maximum absolute atomic E-state index is 11.7. The van der Waals surface area contributed by atoms with E-state index in [1.54, 1.807) is 41.5 Å². The van der Waals surface area contributed by atoms with E-state index in [9.17, 15) is 14.7 Å². The van der Waals surface area contributed by atoms with Crippen molar-refractivity contribution in [1.82, 2.24) is 10.6 Å².